The lowest BCUT2D eigenvalue weighted by Gasteiger charge is -1.96. The van der Waals surface area contributed by atoms with Gasteiger partial charge in [0, 0.05) is 11.4 Å². The molecular weight excluding hydrogens is 100 g/mol. The smallest absolute Gasteiger partial charge is 0.0498 e. The first-order valence-corrected chi connectivity index (χ1v) is 2.58. The Morgan fingerprint density at radius 1 is 1.62 bits per heavy atom. The molecule has 0 aliphatic carbocycles. The molecule has 0 unspecified atom stereocenters. The molecule has 0 aliphatic heterocycles. The molecule has 0 spiro atoms. The van der Waals surface area contributed by atoms with Gasteiger partial charge in [0.05, 0.1) is 0 Å². The fourth-order valence-electron chi connectivity index (χ4n) is 0.335. The molecule has 0 bridgehead atoms. The minimum absolute atomic E-state index is 0.590. The third-order valence-electron chi connectivity index (χ3n) is 0.972. The monoisotopic (exact) mass is 112 g/mol. The molecule has 0 radical (unpaired) electrons. The van der Waals surface area contributed by atoms with Crippen molar-refractivity contribution in [3.63, 3.8) is 0 Å². The lowest BCUT2D eigenvalue weighted by atomic mass is 10.3. The van der Waals surface area contributed by atoms with Crippen molar-refractivity contribution in [3.05, 3.63) is 24.0 Å². The van der Waals surface area contributed by atoms with Crippen LogP contribution in [-0.2, 0) is 0 Å². The van der Waals surface area contributed by atoms with Gasteiger partial charge in [-0.2, -0.15) is 0 Å². The highest BCUT2D eigenvalue weighted by atomic mass is 14.7. The predicted molar refractivity (Wildman–Crippen MR) is 35.9 cm³/mol. The summed E-state index contributed by atoms with van der Waals surface area (Å²) in [7, 11) is 0. The molecule has 4 N–H and O–H groups in total. The largest absolute Gasteiger partial charge is 0.400 e. The van der Waals surface area contributed by atoms with Crippen LogP contribution in [0.1, 0.15) is 13.3 Å². The summed E-state index contributed by atoms with van der Waals surface area (Å²) in [5, 5.41) is 0. The van der Waals surface area contributed by atoms with Crippen molar-refractivity contribution in [2.75, 3.05) is 0 Å². The van der Waals surface area contributed by atoms with E-state index in [-0.39, 0.29) is 0 Å². The molecule has 0 amide bonds. The van der Waals surface area contributed by atoms with Crippen molar-refractivity contribution < 1.29 is 0 Å². The van der Waals surface area contributed by atoms with E-state index in [4.69, 9.17) is 11.5 Å². The van der Waals surface area contributed by atoms with Crippen molar-refractivity contribution in [1.82, 2.24) is 0 Å². The average molecular weight is 112 g/mol. The molecule has 0 saturated heterocycles. The number of nitrogens with two attached hydrogens (primary N) is 2. The van der Waals surface area contributed by atoms with Crippen molar-refractivity contribution in [1.29, 1.82) is 0 Å². The molecule has 0 aliphatic rings. The molecule has 0 atom stereocenters. The summed E-state index contributed by atoms with van der Waals surface area (Å²) >= 11 is 0. The first-order chi connectivity index (χ1) is 3.72. The molecule has 46 valence electrons. The lowest BCUT2D eigenvalue weighted by Crippen LogP contribution is -2.05. The van der Waals surface area contributed by atoms with E-state index in [0.29, 0.717) is 11.4 Å². The van der Waals surface area contributed by atoms with E-state index in [1.165, 1.54) is 0 Å². The molecule has 0 aromatic carbocycles. The summed E-state index contributed by atoms with van der Waals surface area (Å²) in [6.07, 6.45) is 2.34. The molecule has 0 rings (SSSR count). The van der Waals surface area contributed by atoms with Gasteiger partial charge in [0.25, 0.3) is 0 Å². The van der Waals surface area contributed by atoms with Gasteiger partial charge in [-0.25, -0.2) is 0 Å². The SMILES string of the molecule is C=C/C(N)=C(/N)CC. The van der Waals surface area contributed by atoms with Crippen LogP contribution in [0.4, 0.5) is 0 Å². The van der Waals surface area contributed by atoms with Gasteiger partial charge in [0.1, 0.15) is 0 Å². The highest BCUT2D eigenvalue weighted by Crippen LogP contribution is 1.94. The Morgan fingerprint density at radius 2 is 2.12 bits per heavy atom. The zero-order valence-corrected chi connectivity index (χ0v) is 5.15. The first-order valence-electron chi connectivity index (χ1n) is 2.58. The van der Waals surface area contributed by atoms with Gasteiger partial charge in [-0.3, -0.25) is 0 Å². The summed E-state index contributed by atoms with van der Waals surface area (Å²) in [6.45, 7) is 5.42. The maximum atomic E-state index is 5.41. The van der Waals surface area contributed by atoms with E-state index in [1.54, 1.807) is 6.08 Å². The van der Waals surface area contributed by atoms with E-state index < -0.39 is 0 Å². The molecular formula is C6H12N2. The van der Waals surface area contributed by atoms with Gasteiger partial charge >= 0.3 is 0 Å². The van der Waals surface area contributed by atoms with E-state index in [9.17, 15) is 0 Å². The van der Waals surface area contributed by atoms with Crippen LogP contribution in [0.2, 0.25) is 0 Å². The molecule has 0 aromatic rings. The lowest BCUT2D eigenvalue weighted by molar-refractivity contribution is 1.03. The fraction of sp³-hybridized carbons (Fsp3) is 0.333. The Hall–Kier alpha value is -0.920. The topological polar surface area (TPSA) is 52.0 Å². The van der Waals surface area contributed by atoms with E-state index in [2.05, 4.69) is 6.58 Å². The molecule has 0 saturated carbocycles. The quantitative estimate of drug-likeness (QED) is 0.517. The van der Waals surface area contributed by atoms with Gasteiger partial charge < -0.3 is 11.5 Å². The Bertz CT molecular complexity index is 114. The average Bonchev–Trinajstić information content (AvgIpc) is 1.84. The van der Waals surface area contributed by atoms with E-state index in [1.807, 2.05) is 6.92 Å². The predicted octanol–water partition coefficient (Wildman–Crippen LogP) is 0.711. The molecule has 8 heavy (non-hydrogen) atoms. The number of allylic oxidation sites excluding steroid dienone is 2. The second kappa shape index (κ2) is 3.13. The zero-order valence-electron chi connectivity index (χ0n) is 5.15. The normalized spacial score (nSPS) is 12.6. The highest BCUT2D eigenvalue weighted by Gasteiger charge is 1.87. The van der Waals surface area contributed by atoms with Crippen molar-refractivity contribution >= 4 is 0 Å². The summed E-state index contributed by atoms with van der Waals surface area (Å²) in [5.74, 6) is 0. The number of rotatable bonds is 2. The Balaban J connectivity index is 4.03. The fourth-order valence-corrected chi connectivity index (χ4v) is 0.335. The van der Waals surface area contributed by atoms with Crippen LogP contribution >= 0.6 is 0 Å². The van der Waals surface area contributed by atoms with E-state index in [0.717, 1.165) is 6.42 Å². The highest BCUT2D eigenvalue weighted by molar-refractivity contribution is 5.17. The molecule has 0 fully saturated rings. The zero-order chi connectivity index (χ0) is 6.57. The standard InChI is InChI=1S/C6H12N2/c1-3-5(7)6(8)4-2/h3H,1,4,7-8H2,2H3/b6-5-. The molecule has 0 heterocycles. The van der Waals surface area contributed by atoms with Crippen molar-refractivity contribution in [3.8, 4) is 0 Å². The summed E-state index contributed by atoms with van der Waals surface area (Å²) in [6, 6.07) is 0. The molecule has 0 aromatic heterocycles. The maximum absolute atomic E-state index is 5.41. The van der Waals surface area contributed by atoms with Gasteiger partial charge in [0.2, 0.25) is 0 Å². The summed E-state index contributed by atoms with van der Waals surface area (Å²) in [5.41, 5.74) is 12.1. The van der Waals surface area contributed by atoms with Crippen LogP contribution in [0.15, 0.2) is 24.0 Å². The van der Waals surface area contributed by atoms with Gasteiger partial charge in [0.15, 0.2) is 0 Å². The van der Waals surface area contributed by atoms with Crippen LogP contribution in [0.3, 0.4) is 0 Å². The van der Waals surface area contributed by atoms with Gasteiger partial charge in [-0.1, -0.05) is 13.5 Å². The number of hydrogen-bond donors (Lipinski definition) is 2. The second-order valence-corrected chi connectivity index (χ2v) is 1.54. The van der Waals surface area contributed by atoms with Crippen LogP contribution < -0.4 is 11.5 Å². The van der Waals surface area contributed by atoms with Crippen LogP contribution in [0.25, 0.3) is 0 Å². The Kier molecular flexibility index (Phi) is 2.77. The van der Waals surface area contributed by atoms with Gasteiger partial charge in [-0.15, -0.1) is 0 Å². The first kappa shape index (κ1) is 7.08. The third-order valence-corrected chi connectivity index (χ3v) is 0.972. The van der Waals surface area contributed by atoms with Gasteiger partial charge in [-0.05, 0) is 12.5 Å². The second-order valence-electron chi connectivity index (χ2n) is 1.54. The van der Waals surface area contributed by atoms with Crippen LogP contribution in [0.5, 0.6) is 0 Å². The van der Waals surface area contributed by atoms with Crippen molar-refractivity contribution in [2.24, 2.45) is 11.5 Å². The maximum Gasteiger partial charge on any atom is 0.0498 e. The summed E-state index contributed by atoms with van der Waals surface area (Å²) in [4.78, 5) is 0. The number of hydrogen-bond acceptors (Lipinski definition) is 2. The third kappa shape index (κ3) is 1.69. The minimum atomic E-state index is 0.590. The Labute approximate surface area is 49.9 Å². The summed E-state index contributed by atoms with van der Waals surface area (Å²) < 4.78 is 0. The molecule has 2 nitrogen and oxygen atoms in total. The van der Waals surface area contributed by atoms with Crippen molar-refractivity contribution in [2.45, 2.75) is 13.3 Å². The van der Waals surface area contributed by atoms with E-state index >= 15 is 0 Å². The minimum Gasteiger partial charge on any atom is -0.400 e. The molecule has 2 heteroatoms. The van der Waals surface area contributed by atoms with Crippen LogP contribution in [-0.4, -0.2) is 0 Å². The Morgan fingerprint density at radius 3 is 2.25 bits per heavy atom. The van der Waals surface area contributed by atoms with Crippen LogP contribution in [0, 0.1) is 0 Å².